The number of nitrogens with zero attached hydrogens (tertiary/aromatic N) is 2. The number of aromatic amines is 1. The number of fused-ring (bicyclic) bond motifs is 1. The van der Waals surface area contributed by atoms with E-state index in [1.807, 2.05) is 0 Å². The summed E-state index contributed by atoms with van der Waals surface area (Å²) in [4.78, 5) is 40.9. The summed E-state index contributed by atoms with van der Waals surface area (Å²) >= 11 is 0. The van der Waals surface area contributed by atoms with Crippen LogP contribution in [0.15, 0.2) is 44.6 Å². The highest BCUT2D eigenvalue weighted by atomic mass is 16.4. The molecule has 2 heterocycles. The smallest absolute Gasteiger partial charge is 0.405 e. The molecule has 3 N–H and O–H groups in total. The molecule has 0 unspecified atom stereocenters. The average molecular weight is 272 g/mol. The van der Waals surface area contributed by atoms with Gasteiger partial charge in [0, 0.05) is 6.20 Å². The minimum Gasteiger partial charge on any atom is -0.405 e. The molecule has 0 aliphatic carbocycles. The van der Waals surface area contributed by atoms with Crippen LogP contribution in [0.5, 0.6) is 0 Å². The van der Waals surface area contributed by atoms with Gasteiger partial charge in [-0.05, 0) is 12.1 Å². The molecule has 1 aromatic carbocycles. The van der Waals surface area contributed by atoms with E-state index in [0.717, 1.165) is 17.0 Å². The van der Waals surface area contributed by atoms with Crippen molar-refractivity contribution < 1.29 is 9.21 Å². The number of nitrogens with one attached hydrogen (secondary N) is 1. The molecule has 100 valence electrons. The third-order valence-electron chi connectivity index (χ3n) is 2.73. The van der Waals surface area contributed by atoms with E-state index in [-0.39, 0.29) is 22.5 Å². The van der Waals surface area contributed by atoms with Gasteiger partial charge >= 0.3 is 5.76 Å². The van der Waals surface area contributed by atoms with Crippen molar-refractivity contribution in [3.8, 4) is 0 Å². The number of carbonyl (C=O) groups excluding carboxylic acids is 1. The van der Waals surface area contributed by atoms with Crippen LogP contribution in [0.4, 0.5) is 5.69 Å². The third-order valence-corrected chi connectivity index (χ3v) is 2.73. The molecule has 0 amide bonds. The van der Waals surface area contributed by atoms with Crippen LogP contribution in [0.2, 0.25) is 0 Å². The minimum absolute atomic E-state index is 0.0863. The topological polar surface area (TPSA) is 124 Å². The van der Waals surface area contributed by atoms with E-state index >= 15 is 0 Å². The standard InChI is InChI=1S/C12H8N4O4/c13-6-2-1-3-8-10(6)20-12(19)16(8)11(18)7-4-15-9(17)5-14-7/h1-5H,13H2,(H,15,17). The molecule has 0 radical (unpaired) electrons. The van der Waals surface area contributed by atoms with Crippen LogP contribution in [-0.4, -0.2) is 20.4 Å². The van der Waals surface area contributed by atoms with Crippen molar-refractivity contribution in [2.24, 2.45) is 0 Å². The number of para-hydroxylation sites is 1. The molecule has 2 aromatic heterocycles. The maximum absolute atomic E-state index is 12.2. The molecule has 20 heavy (non-hydrogen) atoms. The Morgan fingerprint density at radius 2 is 2.15 bits per heavy atom. The largest absolute Gasteiger partial charge is 0.427 e. The third kappa shape index (κ3) is 1.70. The summed E-state index contributed by atoms with van der Waals surface area (Å²) in [5.41, 5.74) is 5.77. The van der Waals surface area contributed by atoms with Crippen LogP contribution in [0.25, 0.3) is 11.1 Å². The number of oxazole rings is 1. The molecular weight excluding hydrogens is 264 g/mol. The fraction of sp³-hybridized carbons (Fsp3) is 0. The van der Waals surface area contributed by atoms with Crippen molar-refractivity contribution in [2.45, 2.75) is 0 Å². The van der Waals surface area contributed by atoms with Crippen molar-refractivity contribution in [1.29, 1.82) is 0 Å². The zero-order chi connectivity index (χ0) is 14.3. The molecule has 0 aliphatic heterocycles. The number of anilines is 1. The fourth-order valence-corrected chi connectivity index (χ4v) is 1.83. The van der Waals surface area contributed by atoms with Gasteiger partial charge in [0.2, 0.25) is 0 Å². The summed E-state index contributed by atoms with van der Waals surface area (Å²) in [6, 6.07) is 4.68. The summed E-state index contributed by atoms with van der Waals surface area (Å²) < 4.78 is 5.77. The lowest BCUT2D eigenvalue weighted by atomic mass is 10.3. The molecular formula is C12H8N4O4. The zero-order valence-electron chi connectivity index (χ0n) is 9.99. The van der Waals surface area contributed by atoms with E-state index < -0.39 is 17.2 Å². The van der Waals surface area contributed by atoms with Crippen LogP contribution in [-0.2, 0) is 0 Å². The van der Waals surface area contributed by atoms with Crippen molar-refractivity contribution in [2.75, 3.05) is 5.73 Å². The van der Waals surface area contributed by atoms with E-state index in [1.165, 1.54) is 6.07 Å². The molecule has 0 aliphatic rings. The van der Waals surface area contributed by atoms with E-state index in [0.29, 0.717) is 0 Å². The minimum atomic E-state index is -0.865. The lowest BCUT2D eigenvalue weighted by molar-refractivity contribution is 0.0951. The molecule has 0 fully saturated rings. The number of benzene rings is 1. The van der Waals surface area contributed by atoms with Crippen LogP contribution < -0.4 is 17.0 Å². The summed E-state index contributed by atoms with van der Waals surface area (Å²) in [6.45, 7) is 0. The van der Waals surface area contributed by atoms with Gasteiger partial charge in [0.05, 0.1) is 11.9 Å². The SMILES string of the molecule is Nc1cccc2c1oc(=O)n2C(=O)c1c[nH]c(=O)cn1. The second kappa shape index (κ2) is 4.19. The lowest BCUT2D eigenvalue weighted by Gasteiger charge is -2.00. The predicted molar refractivity (Wildman–Crippen MR) is 69.5 cm³/mol. The number of hydrogen-bond acceptors (Lipinski definition) is 6. The first kappa shape index (κ1) is 11.9. The summed E-state index contributed by atoms with van der Waals surface area (Å²) in [7, 11) is 0. The highest BCUT2D eigenvalue weighted by molar-refractivity contribution is 6.00. The Morgan fingerprint density at radius 1 is 1.35 bits per heavy atom. The molecule has 3 rings (SSSR count). The van der Waals surface area contributed by atoms with Gasteiger partial charge < -0.3 is 15.1 Å². The molecule has 0 saturated carbocycles. The number of nitrogens with two attached hydrogens (primary N) is 1. The van der Waals surface area contributed by atoms with Crippen molar-refractivity contribution in [3.63, 3.8) is 0 Å². The second-order valence-electron chi connectivity index (χ2n) is 4.00. The number of carbonyl (C=O) groups is 1. The first-order chi connectivity index (χ1) is 9.58. The Hall–Kier alpha value is -3.16. The molecule has 3 aromatic rings. The number of rotatable bonds is 1. The average Bonchev–Trinajstić information content (AvgIpc) is 2.77. The first-order valence-corrected chi connectivity index (χ1v) is 5.57. The van der Waals surface area contributed by atoms with Gasteiger partial charge in [0.25, 0.3) is 11.5 Å². The second-order valence-corrected chi connectivity index (χ2v) is 4.00. The van der Waals surface area contributed by atoms with Gasteiger partial charge in [-0.15, -0.1) is 0 Å². The normalized spacial score (nSPS) is 10.8. The Labute approximate surface area is 110 Å². The van der Waals surface area contributed by atoms with Crippen LogP contribution in [0.1, 0.15) is 10.5 Å². The maximum atomic E-state index is 12.2. The number of H-pyrrole nitrogens is 1. The van der Waals surface area contributed by atoms with Crippen molar-refractivity contribution in [1.82, 2.24) is 14.5 Å². The van der Waals surface area contributed by atoms with Crippen LogP contribution in [0.3, 0.4) is 0 Å². The zero-order valence-corrected chi connectivity index (χ0v) is 9.99. The molecule has 0 spiro atoms. The number of aromatic nitrogens is 3. The van der Waals surface area contributed by atoms with Gasteiger partial charge in [-0.25, -0.2) is 14.3 Å². The fourth-order valence-electron chi connectivity index (χ4n) is 1.83. The molecule has 8 heteroatoms. The van der Waals surface area contributed by atoms with Crippen LogP contribution >= 0.6 is 0 Å². The predicted octanol–water partition coefficient (Wildman–Crippen LogP) is -0.0515. The Kier molecular flexibility index (Phi) is 2.50. The quantitative estimate of drug-likeness (QED) is 0.598. The number of nitrogen functional groups attached to an aromatic ring is 1. The Morgan fingerprint density at radius 3 is 2.85 bits per heavy atom. The van der Waals surface area contributed by atoms with Gasteiger partial charge in [-0.2, -0.15) is 0 Å². The number of hydrogen-bond donors (Lipinski definition) is 2. The lowest BCUT2D eigenvalue weighted by Crippen LogP contribution is -2.25. The highest BCUT2D eigenvalue weighted by Gasteiger charge is 2.19. The van der Waals surface area contributed by atoms with Gasteiger partial charge in [-0.1, -0.05) is 6.07 Å². The van der Waals surface area contributed by atoms with Crippen LogP contribution in [0, 0.1) is 0 Å². The highest BCUT2D eigenvalue weighted by Crippen LogP contribution is 2.19. The summed E-state index contributed by atoms with van der Waals surface area (Å²) in [6.07, 6.45) is 2.08. The van der Waals surface area contributed by atoms with E-state index in [4.69, 9.17) is 10.2 Å². The van der Waals surface area contributed by atoms with Crippen molar-refractivity contribution in [3.05, 3.63) is 57.2 Å². The first-order valence-electron chi connectivity index (χ1n) is 5.57. The van der Waals surface area contributed by atoms with Gasteiger partial charge in [0.15, 0.2) is 5.58 Å². The van der Waals surface area contributed by atoms with Gasteiger partial charge in [-0.3, -0.25) is 9.59 Å². The van der Waals surface area contributed by atoms with Gasteiger partial charge in [0.1, 0.15) is 11.2 Å². The summed E-state index contributed by atoms with van der Waals surface area (Å²) in [5.74, 6) is -1.58. The van der Waals surface area contributed by atoms with Crippen molar-refractivity contribution >= 4 is 22.7 Å². The molecule has 0 saturated heterocycles. The molecule has 0 atom stereocenters. The Bertz CT molecular complexity index is 914. The maximum Gasteiger partial charge on any atom is 0.427 e. The van der Waals surface area contributed by atoms with E-state index in [9.17, 15) is 14.4 Å². The Balaban J connectivity index is 2.24. The summed E-state index contributed by atoms with van der Waals surface area (Å²) in [5, 5.41) is 0. The van der Waals surface area contributed by atoms with E-state index in [1.54, 1.807) is 12.1 Å². The molecule has 8 nitrogen and oxygen atoms in total. The monoisotopic (exact) mass is 272 g/mol. The van der Waals surface area contributed by atoms with E-state index in [2.05, 4.69) is 9.97 Å². The molecule has 0 bridgehead atoms.